The number of methoxy groups -OCH3 is 1. The number of nitrogens with zero attached hydrogens (tertiary/aromatic N) is 1. The number of benzene rings is 2. The quantitative estimate of drug-likeness (QED) is 0.247. The molecule has 0 bridgehead atoms. The van der Waals surface area contributed by atoms with Crippen LogP contribution in [-0.2, 0) is 4.79 Å². The molecule has 8 heteroatoms. The van der Waals surface area contributed by atoms with Gasteiger partial charge in [0.2, 0.25) is 0 Å². The number of aryl methyl sites for hydroxylation is 2. The highest BCUT2D eigenvalue weighted by Crippen LogP contribution is 2.28. The van der Waals surface area contributed by atoms with Gasteiger partial charge in [0.1, 0.15) is 10.6 Å². The van der Waals surface area contributed by atoms with E-state index in [1.165, 1.54) is 24.7 Å². The van der Waals surface area contributed by atoms with Crippen LogP contribution in [0.4, 0.5) is 0 Å². The monoisotopic (exact) mass is 438 g/mol. The number of carbonyl (C=O) groups excluding carboxylic acids is 2. The Hall–Kier alpha value is -3.65. The summed E-state index contributed by atoms with van der Waals surface area (Å²) < 4.78 is 16.2. The number of hydrogen-bond donors (Lipinski definition) is 1. The van der Waals surface area contributed by atoms with Crippen molar-refractivity contribution in [3.63, 3.8) is 0 Å². The summed E-state index contributed by atoms with van der Waals surface area (Å²) in [6, 6.07) is 14.1. The molecule has 3 aromatic rings. The van der Waals surface area contributed by atoms with Gasteiger partial charge in [-0.05, 0) is 72.3 Å². The van der Waals surface area contributed by atoms with Crippen molar-refractivity contribution in [2.24, 2.45) is 5.10 Å². The van der Waals surface area contributed by atoms with Gasteiger partial charge < -0.3 is 14.2 Å². The second-order valence-electron chi connectivity index (χ2n) is 6.61. The molecule has 160 valence electrons. The number of ether oxygens (including phenoxy) is 3. The molecule has 7 nitrogen and oxygen atoms in total. The van der Waals surface area contributed by atoms with Crippen molar-refractivity contribution in [3.05, 3.63) is 75.5 Å². The molecule has 0 radical (unpaired) electrons. The zero-order chi connectivity index (χ0) is 22.2. The fourth-order valence-corrected chi connectivity index (χ4v) is 3.16. The van der Waals surface area contributed by atoms with Crippen LogP contribution >= 0.6 is 11.3 Å². The molecule has 0 atom stereocenters. The van der Waals surface area contributed by atoms with Gasteiger partial charge in [0.05, 0.1) is 13.3 Å². The molecule has 0 fully saturated rings. The van der Waals surface area contributed by atoms with Gasteiger partial charge in [-0.15, -0.1) is 11.3 Å². The summed E-state index contributed by atoms with van der Waals surface area (Å²) in [4.78, 5) is 24.6. The fraction of sp³-hybridized carbons (Fsp3) is 0.174. The number of hydrazone groups is 1. The molecule has 0 aliphatic rings. The van der Waals surface area contributed by atoms with Crippen LogP contribution in [0.2, 0.25) is 0 Å². The molecule has 0 spiro atoms. The van der Waals surface area contributed by atoms with Crippen LogP contribution in [0.5, 0.6) is 17.2 Å². The Bertz CT molecular complexity index is 1090. The Morgan fingerprint density at radius 1 is 1.06 bits per heavy atom. The number of nitrogens with one attached hydrogen (secondary N) is 1. The van der Waals surface area contributed by atoms with E-state index in [1.54, 1.807) is 35.7 Å². The largest absolute Gasteiger partial charge is 0.493 e. The lowest BCUT2D eigenvalue weighted by atomic mass is 10.1. The summed E-state index contributed by atoms with van der Waals surface area (Å²) in [5.74, 6) is 0.454. The van der Waals surface area contributed by atoms with Crippen molar-refractivity contribution in [1.29, 1.82) is 0 Å². The number of thiophene rings is 1. The van der Waals surface area contributed by atoms with Crippen molar-refractivity contribution in [1.82, 2.24) is 5.43 Å². The Labute approximate surface area is 184 Å². The van der Waals surface area contributed by atoms with Crippen molar-refractivity contribution in [2.45, 2.75) is 13.8 Å². The molecule has 0 aliphatic carbocycles. The molecule has 2 aromatic carbocycles. The third-order valence-electron chi connectivity index (χ3n) is 4.36. The highest BCUT2D eigenvalue weighted by Gasteiger charge is 2.13. The van der Waals surface area contributed by atoms with Gasteiger partial charge in [-0.25, -0.2) is 10.2 Å². The number of hydrogen-bond acceptors (Lipinski definition) is 7. The summed E-state index contributed by atoms with van der Waals surface area (Å²) in [5.41, 5.74) is 5.32. The second-order valence-corrected chi connectivity index (χ2v) is 7.55. The Balaban J connectivity index is 1.54. The highest BCUT2D eigenvalue weighted by atomic mass is 32.1. The number of amides is 1. The summed E-state index contributed by atoms with van der Waals surface area (Å²) >= 11 is 1.30. The van der Waals surface area contributed by atoms with E-state index in [-0.39, 0.29) is 12.5 Å². The van der Waals surface area contributed by atoms with Crippen LogP contribution in [0.15, 0.2) is 59.0 Å². The maximum Gasteiger partial charge on any atom is 0.353 e. The van der Waals surface area contributed by atoms with E-state index >= 15 is 0 Å². The first kappa shape index (κ1) is 22.0. The van der Waals surface area contributed by atoms with E-state index in [2.05, 4.69) is 10.5 Å². The average Bonchev–Trinajstić information content (AvgIpc) is 3.30. The van der Waals surface area contributed by atoms with Crippen LogP contribution in [0.25, 0.3) is 0 Å². The Morgan fingerprint density at radius 2 is 1.90 bits per heavy atom. The normalized spacial score (nSPS) is 10.7. The van der Waals surface area contributed by atoms with Crippen molar-refractivity contribution in [3.8, 4) is 17.2 Å². The molecule has 1 aromatic heterocycles. The van der Waals surface area contributed by atoms with E-state index in [4.69, 9.17) is 14.2 Å². The maximum atomic E-state index is 12.1. The van der Waals surface area contributed by atoms with Crippen molar-refractivity contribution in [2.75, 3.05) is 13.7 Å². The molecule has 0 aliphatic heterocycles. The van der Waals surface area contributed by atoms with Crippen LogP contribution in [-0.4, -0.2) is 31.8 Å². The molecule has 0 unspecified atom stereocenters. The van der Waals surface area contributed by atoms with Gasteiger partial charge in [-0.2, -0.15) is 5.10 Å². The lowest BCUT2D eigenvalue weighted by Crippen LogP contribution is -2.24. The van der Waals surface area contributed by atoms with Crippen molar-refractivity contribution >= 4 is 29.4 Å². The molecule has 0 saturated heterocycles. The molecule has 3 rings (SSSR count). The van der Waals surface area contributed by atoms with E-state index in [0.29, 0.717) is 27.7 Å². The third kappa shape index (κ3) is 6.16. The molecule has 1 heterocycles. The lowest BCUT2D eigenvalue weighted by molar-refractivity contribution is -0.123. The van der Waals surface area contributed by atoms with Gasteiger partial charge in [-0.1, -0.05) is 12.1 Å². The molecule has 0 saturated carbocycles. The van der Waals surface area contributed by atoms with Gasteiger partial charge in [0, 0.05) is 0 Å². The lowest BCUT2D eigenvalue weighted by Gasteiger charge is -2.09. The van der Waals surface area contributed by atoms with Gasteiger partial charge in [0.15, 0.2) is 18.1 Å². The molecule has 31 heavy (non-hydrogen) atoms. The molecule has 1 amide bonds. The minimum Gasteiger partial charge on any atom is -0.493 e. The van der Waals surface area contributed by atoms with Crippen LogP contribution in [0.3, 0.4) is 0 Å². The van der Waals surface area contributed by atoms with Crippen LogP contribution in [0.1, 0.15) is 26.4 Å². The van der Waals surface area contributed by atoms with Crippen LogP contribution in [0, 0.1) is 13.8 Å². The van der Waals surface area contributed by atoms with E-state index in [1.807, 2.05) is 32.0 Å². The SMILES string of the molecule is COc1cc(/C=N\NC(=O)COc2ccc(C)c(C)c2)ccc1OC(=O)c1cccs1. The van der Waals surface area contributed by atoms with Gasteiger partial charge in [-0.3, -0.25) is 4.79 Å². The predicted molar refractivity (Wildman–Crippen MR) is 119 cm³/mol. The minimum atomic E-state index is -0.453. The topological polar surface area (TPSA) is 86.2 Å². The van der Waals surface area contributed by atoms with E-state index in [0.717, 1.165) is 11.1 Å². The Kier molecular flexibility index (Phi) is 7.40. The van der Waals surface area contributed by atoms with E-state index in [9.17, 15) is 9.59 Å². The number of esters is 1. The fourth-order valence-electron chi connectivity index (χ4n) is 2.56. The first-order valence-corrected chi connectivity index (χ1v) is 10.3. The first-order valence-electron chi connectivity index (χ1n) is 9.42. The second kappa shape index (κ2) is 10.4. The highest BCUT2D eigenvalue weighted by molar-refractivity contribution is 7.12. The summed E-state index contributed by atoms with van der Waals surface area (Å²) in [6.45, 7) is 3.84. The zero-order valence-corrected chi connectivity index (χ0v) is 18.2. The summed E-state index contributed by atoms with van der Waals surface area (Å²) in [7, 11) is 1.48. The Morgan fingerprint density at radius 3 is 2.61 bits per heavy atom. The summed E-state index contributed by atoms with van der Waals surface area (Å²) in [6.07, 6.45) is 1.46. The summed E-state index contributed by atoms with van der Waals surface area (Å²) in [5, 5.41) is 5.73. The van der Waals surface area contributed by atoms with Crippen molar-refractivity contribution < 1.29 is 23.8 Å². The number of rotatable bonds is 8. The third-order valence-corrected chi connectivity index (χ3v) is 5.21. The van der Waals surface area contributed by atoms with E-state index < -0.39 is 5.97 Å². The zero-order valence-electron chi connectivity index (χ0n) is 17.4. The first-order chi connectivity index (χ1) is 15.0. The van der Waals surface area contributed by atoms with Gasteiger partial charge in [0.25, 0.3) is 5.91 Å². The smallest absolute Gasteiger partial charge is 0.353 e. The van der Waals surface area contributed by atoms with Crippen LogP contribution < -0.4 is 19.6 Å². The average molecular weight is 439 g/mol. The molecular weight excluding hydrogens is 416 g/mol. The molecular formula is C23H22N2O5S. The standard InChI is InChI=1S/C23H22N2O5S/c1-15-6-8-18(11-16(15)2)29-14-22(26)25-24-13-17-7-9-19(20(12-17)28-3)30-23(27)21-5-4-10-31-21/h4-13H,14H2,1-3H3,(H,25,26)/b24-13-. The van der Waals surface area contributed by atoms with Gasteiger partial charge >= 0.3 is 5.97 Å². The minimum absolute atomic E-state index is 0.152. The molecule has 1 N–H and O–H groups in total. The number of carbonyl (C=O) groups is 2. The predicted octanol–water partition coefficient (Wildman–Crippen LogP) is 4.12. The maximum absolute atomic E-state index is 12.1.